The Hall–Kier alpha value is -2.99. The Morgan fingerprint density at radius 3 is 2.72 bits per heavy atom. The van der Waals surface area contributed by atoms with Crippen molar-refractivity contribution in [2.45, 2.75) is 16.7 Å². The van der Waals surface area contributed by atoms with Crippen molar-refractivity contribution in [3.05, 3.63) is 65.1 Å². The first-order chi connectivity index (χ1) is 12.1. The van der Waals surface area contributed by atoms with E-state index in [2.05, 4.69) is 21.4 Å². The second-order valence-corrected chi connectivity index (χ2v) is 6.89. The second-order valence-electron chi connectivity index (χ2n) is 5.74. The molecule has 4 rings (SSSR count). The lowest BCUT2D eigenvalue weighted by molar-refractivity contribution is -0.114. The summed E-state index contributed by atoms with van der Waals surface area (Å²) < 4.78 is 0. The maximum Gasteiger partial charge on any atom is 0.272 e. The Kier molecular flexibility index (Phi) is 3.82. The van der Waals surface area contributed by atoms with Gasteiger partial charge in [0.1, 0.15) is 5.52 Å². The minimum absolute atomic E-state index is 0.0911. The molecule has 3 N–H and O–H groups in total. The van der Waals surface area contributed by atoms with Crippen molar-refractivity contribution < 1.29 is 4.79 Å². The average Bonchev–Trinajstić information content (AvgIpc) is 3.06. The highest BCUT2D eigenvalue weighted by Gasteiger charge is 2.08. The molecule has 0 saturated carbocycles. The molecular weight excluding hydrogens is 334 g/mol. The standard InChI is InChI=1S/C19H15N3O2S/c1-11(23)21-12-3-2-4-13(9-12)25-14-5-6-17-16(10-14)15-7-8-20-18(15)19(24)22-17/h2-10,20H,1H3,(H,21,23)(H,22,24). The van der Waals surface area contributed by atoms with Gasteiger partial charge in [0.25, 0.3) is 5.56 Å². The van der Waals surface area contributed by atoms with E-state index in [1.54, 1.807) is 18.0 Å². The van der Waals surface area contributed by atoms with E-state index in [1.807, 2.05) is 42.5 Å². The zero-order chi connectivity index (χ0) is 17.4. The normalized spacial score (nSPS) is 11.1. The van der Waals surface area contributed by atoms with Crippen molar-refractivity contribution in [3.63, 3.8) is 0 Å². The van der Waals surface area contributed by atoms with Crippen LogP contribution in [-0.2, 0) is 4.79 Å². The molecule has 0 atom stereocenters. The zero-order valence-electron chi connectivity index (χ0n) is 13.4. The highest BCUT2D eigenvalue weighted by atomic mass is 32.2. The molecule has 0 fully saturated rings. The lowest BCUT2D eigenvalue weighted by atomic mass is 10.1. The number of aromatic nitrogens is 2. The van der Waals surface area contributed by atoms with Gasteiger partial charge in [-0.25, -0.2) is 0 Å². The highest BCUT2D eigenvalue weighted by molar-refractivity contribution is 7.99. The maximum absolute atomic E-state index is 12.0. The molecule has 0 unspecified atom stereocenters. The van der Waals surface area contributed by atoms with Crippen LogP contribution in [0.2, 0.25) is 0 Å². The first-order valence-corrected chi connectivity index (χ1v) is 8.60. The molecule has 0 spiro atoms. The van der Waals surface area contributed by atoms with E-state index in [-0.39, 0.29) is 11.5 Å². The van der Waals surface area contributed by atoms with Crippen LogP contribution in [0, 0.1) is 0 Å². The van der Waals surface area contributed by atoms with E-state index < -0.39 is 0 Å². The van der Waals surface area contributed by atoms with E-state index in [9.17, 15) is 9.59 Å². The van der Waals surface area contributed by atoms with Crippen LogP contribution in [0.3, 0.4) is 0 Å². The van der Waals surface area contributed by atoms with Crippen LogP contribution in [0.25, 0.3) is 21.8 Å². The van der Waals surface area contributed by atoms with Gasteiger partial charge in [-0.15, -0.1) is 0 Å². The van der Waals surface area contributed by atoms with Crippen LogP contribution in [0.5, 0.6) is 0 Å². The summed E-state index contributed by atoms with van der Waals surface area (Å²) in [6.07, 6.45) is 1.77. The van der Waals surface area contributed by atoms with Gasteiger partial charge in [0.05, 0.1) is 0 Å². The summed E-state index contributed by atoms with van der Waals surface area (Å²) in [6, 6.07) is 15.6. The molecule has 0 saturated heterocycles. The minimum atomic E-state index is -0.115. The Bertz CT molecular complexity index is 1160. The third-order valence-corrected chi connectivity index (χ3v) is 4.87. The second kappa shape index (κ2) is 6.14. The zero-order valence-corrected chi connectivity index (χ0v) is 14.2. The number of hydrogen-bond acceptors (Lipinski definition) is 3. The molecule has 5 nitrogen and oxygen atoms in total. The Morgan fingerprint density at radius 1 is 1.04 bits per heavy atom. The first-order valence-electron chi connectivity index (χ1n) is 7.79. The van der Waals surface area contributed by atoms with Crippen molar-refractivity contribution >= 4 is 45.2 Å². The molecule has 0 aliphatic carbocycles. The summed E-state index contributed by atoms with van der Waals surface area (Å²) in [6.45, 7) is 1.49. The van der Waals surface area contributed by atoms with Gasteiger partial charge in [-0.1, -0.05) is 17.8 Å². The Balaban J connectivity index is 1.74. The topological polar surface area (TPSA) is 77.8 Å². The highest BCUT2D eigenvalue weighted by Crippen LogP contribution is 2.32. The van der Waals surface area contributed by atoms with Crippen LogP contribution in [0.4, 0.5) is 5.69 Å². The quantitative estimate of drug-likeness (QED) is 0.521. The number of carbonyl (C=O) groups is 1. The van der Waals surface area contributed by atoms with Gasteiger partial charge in [0.2, 0.25) is 5.91 Å². The third kappa shape index (κ3) is 3.04. The average molecular weight is 349 g/mol. The van der Waals surface area contributed by atoms with Crippen molar-refractivity contribution in [2.75, 3.05) is 5.32 Å². The van der Waals surface area contributed by atoms with Gasteiger partial charge >= 0.3 is 0 Å². The number of aromatic amines is 2. The number of benzene rings is 2. The Labute approximate surface area is 147 Å². The first kappa shape index (κ1) is 15.5. The molecule has 6 heteroatoms. The molecule has 25 heavy (non-hydrogen) atoms. The molecular formula is C19H15N3O2S. The van der Waals surface area contributed by atoms with Crippen molar-refractivity contribution in [2.24, 2.45) is 0 Å². The monoisotopic (exact) mass is 349 g/mol. The fraction of sp³-hybridized carbons (Fsp3) is 0.0526. The molecule has 4 aromatic rings. The molecule has 2 aromatic carbocycles. The van der Waals surface area contributed by atoms with Gasteiger partial charge in [-0.2, -0.15) is 0 Å². The van der Waals surface area contributed by atoms with E-state index in [4.69, 9.17) is 0 Å². The summed E-state index contributed by atoms with van der Waals surface area (Å²) >= 11 is 1.61. The number of rotatable bonds is 3. The van der Waals surface area contributed by atoms with E-state index in [1.165, 1.54) is 6.92 Å². The fourth-order valence-electron chi connectivity index (χ4n) is 2.86. The number of hydrogen-bond donors (Lipinski definition) is 3. The number of amides is 1. The number of anilines is 1. The van der Waals surface area contributed by atoms with Crippen LogP contribution in [-0.4, -0.2) is 15.9 Å². The largest absolute Gasteiger partial charge is 0.357 e. The summed E-state index contributed by atoms with van der Waals surface area (Å²) in [4.78, 5) is 31.2. The number of carbonyl (C=O) groups excluding carboxylic acids is 1. The van der Waals surface area contributed by atoms with Crippen LogP contribution in [0.1, 0.15) is 6.92 Å². The van der Waals surface area contributed by atoms with Crippen LogP contribution >= 0.6 is 11.8 Å². The predicted molar refractivity (Wildman–Crippen MR) is 101 cm³/mol. The van der Waals surface area contributed by atoms with Gasteiger partial charge in [0, 0.05) is 44.9 Å². The third-order valence-electron chi connectivity index (χ3n) is 3.89. The van der Waals surface area contributed by atoms with Crippen molar-refractivity contribution in [1.29, 1.82) is 0 Å². The SMILES string of the molecule is CC(=O)Nc1cccc(Sc2ccc3[nH]c(=O)c4[nH]ccc4c3c2)c1. The molecule has 0 bridgehead atoms. The summed E-state index contributed by atoms with van der Waals surface area (Å²) in [5, 5.41) is 4.70. The number of nitrogens with one attached hydrogen (secondary N) is 3. The fourth-order valence-corrected chi connectivity index (χ4v) is 3.78. The lowest BCUT2D eigenvalue weighted by Crippen LogP contribution is -2.05. The molecule has 124 valence electrons. The molecule has 0 aliphatic heterocycles. The van der Waals surface area contributed by atoms with Gasteiger partial charge in [0.15, 0.2) is 0 Å². The maximum atomic E-state index is 12.0. The van der Waals surface area contributed by atoms with Crippen LogP contribution in [0.15, 0.2) is 69.3 Å². The van der Waals surface area contributed by atoms with Crippen molar-refractivity contribution in [1.82, 2.24) is 9.97 Å². The molecule has 0 radical (unpaired) electrons. The summed E-state index contributed by atoms with van der Waals surface area (Å²) in [5.74, 6) is -0.0911. The van der Waals surface area contributed by atoms with Gasteiger partial charge < -0.3 is 15.3 Å². The van der Waals surface area contributed by atoms with E-state index in [0.29, 0.717) is 5.52 Å². The minimum Gasteiger partial charge on any atom is -0.357 e. The number of pyridine rings is 1. The van der Waals surface area contributed by atoms with Crippen molar-refractivity contribution in [3.8, 4) is 0 Å². The van der Waals surface area contributed by atoms with Gasteiger partial charge in [-0.05, 0) is 42.5 Å². The number of H-pyrrole nitrogens is 2. The van der Waals surface area contributed by atoms with E-state index in [0.717, 1.165) is 31.8 Å². The smallest absolute Gasteiger partial charge is 0.272 e. The van der Waals surface area contributed by atoms with Gasteiger partial charge in [-0.3, -0.25) is 9.59 Å². The summed E-state index contributed by atoms with van der Waals surface area (Å²) in [7, 11) is 0. The van der Waals surface area contributed by atoms with Crippen LogP contribution < -0.4 is 10.9 Å². The lowest BCUT2D eigenvalue weighted by Gasteiger charge is -2.07. The summed E-state index contributed by atoms with van der Waals surface area (Å²) in [5.41, 5.74) is 2.06. The predicted octanol–water partition coefficient (Wildman–Crippen LogP) is 4.12. The van der Waals surface area contributed by atoms with E-state index >= 15 is 0 Å². The number of fused-ring (bicyclic) bond motifs is 3. The molecule has 0 aliphatic rings. The molecule has 1 amide bonds. The Morgan fingerprint density at radius 2 is 1.88 bits per heavy atom. The molecule has 2 heterocycles. The molecule has 2 aromatic heterocycles.